The normalized spacial score (nSPS) is 11.4. The lowest BCUT2D eigenvalue weighted by Gasteiger charge is -2.09. The Hall–Kier alpha value is -2.37. The molecule has 0 fully saturated rings. The van der Waals surface area contributed by atoms with Crippen molar-refractivity contribution in [3.8, 4) is 0 Å². The summed E-state index contributed by atoms with van der Waals surface area (Å²) < 4.78 is 4.53. The first-order valence-corrected chi connectivity index (χ1v) is 5.17. The van der Waals surface area contributed by atoms with Crippen LogP contribution in [-0.2, 0) is 9.53 Å². The Bertz CT molecular complexity index is 483. The molecular formula is C12H13NO5. The van der Waals surface area contributed by atoms with Crippen LogP contribution in [-0.4, -0.2) is 36.1 Å². The summed E-state index contributed by atoms with van der Waals surface area (Å²) in [7, 11) is 1.24. The van der Waals surface area contributed by atoms with E-state index in [1.54, 1.807) is 0 Å². The Morgan fingerprint density at radius 2 is 1.89 bits per heavy atom. The van der Waals surface area contributed by atoms with Crippen molar-refractivity contribution >= 4 is 17.8 Å². The van der Waals surface area contributed by atoms with Crippen molar-refractivity contribution in [3.05, 3.63) is 35.4 Å². The van der Waals surface area contributed by atoms with Gasteiger partial charge in [0.05, 0.1) is 12.7 Å². The molecule has 6 heteroatoms. The van der Waals surface area contributed by atoms with Crippen LogP contribution in [0.25, 0.3) is 0 Å². The highest BCUT2D eigenvalue weighted by molar-refractivity contribution is 5.99. The Balaban J connectivity index is 2.87. The molecule has 0 aromatic heterocycles. The van der Waals surface area contributed by atoms with Gasteiger partial charge in [-0.3, -0.25) is 9.59 Å². The zero-order valence-corrected chi connectivity index (χ0v) is 9.97. The van der Waals surface area contributed by atoms with Crippen molar-refractivity contribution in [1.82, 2.24) is 5.32 Å². The van der Waals surface area contributed by atoms with E-state index >= 15 is 0 Å². The number of carboxylic acid groups (broad SMARTS) is 1. The number of esters is 1. The molecular weight excluding hydrogens is 238 g/mol. The first kappa shape index (κ1) is 13.7. The summed E-state index contributed by atoms with van der Waals surface area (Å²) in [5.41, 5.74) is 0.430. The van der Waals surface area contributed by atoms with Crippen LogP contribution < -0.4 is 5.32 Å². The van der Waals surface area contributed by atoms with E-state index in [1.165, 1.54) is 38.3 Å². The highest BCUT2D eigenvalue weighted by atomic mass is 16.5. The average Bonchev–Trinajstić information content (AvgIpc) is 2.37. The molecule has 0 aliphatic rings. The van der Waals surface area contributed by atoms with E-state index in [1.807, 2.05) is 0 Å². The van der Waals surface area contributed by atoms with Crippen molar-refractivity contribution in [2.45, 2.75) is 13.0 Å². The smallest absolute Gasteiger partial charge is 0.337 e. The Morgan fingerprint density at radius 1 is 1.28 bits per heavy atom. The molecule has 1 atom stereocenters. The number of carboxylic acids is 1. The van der Waals surface area contributed by atoms with Crippen molar-refractivity contribution in [2.75, 3.05) is 7.11 Å². The summed E-state index contributed by atoms with van der Waals surface area (Å²) in [5.74, 6) is -2.25. The molecule has 0 aliphatic heterocycles. The molecule has 0 saturated carbocycles. The molecule has 1 aromatic rings. The number of rotatable bonds is 4. The van der Waals surface area contributed by atoms with Crippen molar-refractivity contribution in [3.63, 3.8) is 0 Å². The lowest BCUT2D eigenvalue weighted by atomic mass is 10.1. The third kappa shape index (κ3) is 3.31. The summed E-state index contributed by atoms with van der Waals surface area (Å²) in [6, 6.07) is 4.85. The predicted molar refractivity (Wildman–Crippen MR) is 62.3 cm³/mol. The van der Waals surface area contributed by atoms with E-state index < -0.39 is 23.9 Å². The van der Waals surface area contributed by atoms with Crippen LogP contribution in [0.1, 0.15) is 27.6 Å². The van der Waals surface area contributed by atoms with E-state index in [9.17, 15) is 14.4 Å². The number of nitrogens with one attached hydrogen (secondary N) is 1. The monoisotopic (exact) mass is 251 g/mol. The number of amides is 1. The number of methoxy groups -OCH3 is 1. The Morgan fingerprint density at radius 3 is 2.44 bits per heavy atom. The maximum absolute atomic E-state index is 11.7. The lowest BCUT2D eigenvalue weighted by molar-refractivity contribution is -0.138. The molecule has 1 rings (SSSR count). The Kier molecular flexibility index (Phi) is 4.42. The summed E-state index contributed by atoms with van der Waals surface area (Å²) >= 11 is 0. The Labute approximate surface area is 104 Å². The highest BCUT2D eigenvalue weighted by Crippen LogP contribution is 2.07. The zero-order valence-electron chi connectivity index (χ0n) is 9.97. The van der Waals surface area contributed by atoms with E-state index in [4.69, 9.17) is 5.11 Å². The van der Waals surface area contributed by atoms with Gasteiger partial charge in [-0.25, -0.2) is 4.79 Å². The molecule has 2 N–H and O–H groups in total. The van der Waals surface area contributed by atoms with Crippen molar-refractivity contribution in [1.29, 1.82) is 0 Å². The number of aliphatic carboxylic acids is 1. The molecule has 6 nitrogen and oxygen atoms in total. The number of carbonyl (C=O) groups is 3. The van der Waals surface area contributed by atoms with E-state index in [0.717, 1.165) is 0 Å². The molecule has 1 aromatic carbocycles. The van der Waals surface area contributed by atoms with Crippen molar-refractivity contribution < 1.29 is 24.2 Å². The predicted octanol–water partition coefficient (Wildman–Crippen LogP) is 0.676. The quantitative estimate of drug-likeness (QED) is 0.767. The number of hydrogen-bond acceptors (Lipinski definition) is 4. The van der Waals surface area contributed by atoms with Gasteiger partial charge < -0.3 is 15.2 Å². The first-order valence-electron chi connectivity index (χ1n) is 5.17. The number of carbonyl (C=O) groups excluding carboxylic acids is 2. The van der Waals surface area contributed by atoms with Gasteiger partial charge in [-0.15, -0.1) is 0 Å². The van der Waals surface area contributed by atoms with Crippen LogP contribution in [0.3, 0.4) is 0 Å². The van der Waals surface area contributed by atoms with Gasteiger partial charge in [-0.1, -0.05) is 6.07 Å². The molecule has 0 radical (unpaired) electrons. The summed E-state index contributed by atoms with van der Waals surface area (Å²) in [5, 5.41) is 11.0. The van der Waals surface area contributed by atoms with Crippen LogP contribution in [0.2, 0.25) is 0 Å². The maximum Gasteiger partial charge on any atom is 0.337 e. The fourth-order valence-corrected chi connectivity index (χ4v) is 1.25. The molecule has 0 spiro atoms. The number of hydrogen-bond donors (Lipinski definition) is 2. The van der Waals surface area contributed by atoms with Crippen LogP contribution in [0.5, 0.6) is 0 Å². The van der Waals surface area contributed by atoms with Gasteiger partial charge in [-0.2, -0.15) is 0 Å². The SMILES string of the molecule is COC(=O)c1cccc(C(=O)N[C@H](C)C(=O)O)c1. The second-order valence-corrected chi connectivity index (χ2v) is 3.61. The number of ether oxygens (including phenoxy) is 1. The maximum atomic E-state index is 11.7. The largest absolute Gasteiger partial charge is 0.480 e. The van der Waals surface area contributed by atoms with E-state index in [0.29, 0.717) is 0 Å². The minimum Gasteiger partial charge on any atom is -0.480 e. The van der Waals surface area contributed by atoms with Gasteiger partial charge in [0, 0.05) is 5.56 Å². The fraction of sp³-hybridized carbons (Fsp3) is 0.250. The molecule has 0 aliphatic carbocycles. The number of benzene rings is 1. The van der Waals surface area contributed by atoms with Crippen LogP contribution in [0, 0.1) is 0 Å². The van der Waals surface area contributed by atoms with Crippen LogP contribution in [0.15, 0.2) is 24.3 Å². The van der Waals surface area contributed by atoms with Gasteiger partial charge >= 0.3 is 11.9 Å². The fourth-order valence-electron chi connectivity index (χ4n) is 1.25. The third-order valence-corrected chi connectivity index (χ3v) is 2.26. The van der Waals surface area contributed by atoms with Gasteiger partial charge in [0.1, 0.15) is 6.04 Å². The van der Waals surface area contributed by atoms with Gasteiger partial charge in [0.15, 0.2) is 0 Å². The molecule has 96 valence electrons. The molecule has 0 unspecified atom stereocenters. The van der Waals surface area contributed by atoms with E-state index in [-0.39, 0.29) is 11.1 Å². The molecule has 18 heavy (non-hydrogen) atoms. The second-order valence-electron chi connectivity index (χ2n) is 3.61. The molecule has 0 saturated heterocycles. The zero-order chi connectivity index (χ0) is 13.7. The first-order chi connectivity index (χ1) is 8.45. The molecule has 0 bridgehead atoms. The van der Waals surface area contributed by atoms with Crippen molar-refractivity contribution in [2.24, 2.45) is 0 Å². The minimum absolute atomic E-state index is 0.200. The lowest BCUT2D eigenvalue weighted by Crippen LogP contribution is -2.38. The highest BCUT2D eigenvalue weighted by Gasteiger charge is 2.16. The summed E-state index contributed by atoms with van der Waals surface area (Å²) in [4.78, 5) is 33.6. The minimum atomic E-state index is -1.13. The second kappa shape index (κ2) is 5.81. The van der Waals surface area contributed by atoms with Crippen LogP contribution >= 0.6 is 0 Å². The third-order valence-electron chi connectivity index (χ3n) is 2.26. The standard InChI is InChI=1S/C12H13NO5/c1-7(11(15)16)13-10(14)8-4-3-5-9(6-8)12(17)18-2/h3-7H,1-2H3,(H,13,14)(H,15,16)/t7-/m1/s1. The van der Waals surface area contributed by atoms with Gasteiger partial charge in [0.2, 0.25) is 0 Å². The van der Waals surface area contributed by atoms with Crippen LogP contribution in [0.4, 0.5) is 0 Å². The molecule has 1 amide bonds. The van der Waals surface area contributed by atoms with Gasteiger partial charge in [0.25, 0.3) is 5.91 Å². The van der Waals surface area contributed by atoms with Gasteiger partial charge in [-0.05, 0) is 25.1 Å². The summed E-state index contributed by atoms with van der Waals surface area (Å²) in [6.07, 6.45) is 0. The van der Waals surface area contributed by atoms with E-state index in [2.05, 4.69) is 10.1 Å². The summed E-state index contributed by atoms with van der Waals surface area (Å²) in [6.45, 7) is 1.35. The molecule has 0 heterocycles. The topological polar surface area (TPSA) is 92.7 Å². The average molecular weight is 251 g/mol.